The van der Waals surface area contributed by atoms with Crippen LogP contribution in [0.4, 0.5) is 15.3 Å². The van der Waals surface area contributed by atoms with Gasteiger partial charge in [-0.2, -0.15) is 0 Å². The number of allylic oxidation sites excluding steroid dienone is 4. The zero-order valence-electron chi connectivity index (χ0n) is 49.6. The number of aromatic nitrogens is 4. The molecule has 24 heteroatoms. The molecule has 88 heavy (non-hydrogen) atoms. The molecule has 1 saturated heterocycles. The number of amides is 5. The molecule has 4 aromatic rings. The van der Waals surface area contributed by atoms with Crippen LogP contribution in [0.1, 0.15) is 100 Å². The van der Waals surface area contributed by atoms with Crippen LogP contribution in [0.15, 0.2) is 103 Å². The minimum absolute atomic E-state index is 0.00512. The first-order chi connectivity index (χ1) is 42.0. The third-order valence-corrected chi connectivity index (χ3v) is 19.7. The van der Waals surface area contributed by atoms with Gasteiger partial charge in [0.1, 0.15) is 12.6 Å². The molecule has 7 fully saturated rings. The van der Waals surface area contributed by atoms with E-state index in [-0.39, 0.29) is 73.4 Å². The van der Waals surface area contributed by atoms with Crippen LogP contribution in [-0.4, -0.2) is 158 Å². The van der Waals surface area contributed by atoms with E-state index < -0.39 is 102 Å². The molecule has 2 heterocycles. The summed E-state index contributed by atoms with van der Waals surface area (Å²) in [4.78, 5) is 107. The molecular formula is C64H74N10O14. The Morgan fingerprint density at radius 2 is 1.51 bits per heavy atom. The molecule has 3 aromatic carbocycles. The van der Waals surface area contributed by atoms with Gasteiger partial charge in [0.05, 0.1) is 25.2 Å². The van der Waals surface area contributed by atoms with E-state index in [1.54, 1.807) is 60.7 Å². The molecule has 10 atom stereocenters. The van der Waals surface area contributed by atoms with Crippen molar-refractivity contribution in [2.24, 2.45) is 39.7 Å². The second kappa shape index (κ2) is 24.3. The highest BCUT2D eigenvalue weighted by Gasteiger charge is 2.76. The molecule has 24 nitrogen and oxygen atoms in total. The van der Waals surface area contributed by atoms with Gasteiger partial charge >= 0.3 is 18.2 Å². The Bertz CT molecular complexity index is 3420. The average molecular weight is 1210 g/mol. The molecule has 0 unspecified atom stereocenters. The summed E-state index contributed by atoms with van der Waals surface area (Å²) in [6.45, 7) is 2.88. The zero-order chi connectivity index (χ0) is 62.3. The summed E-state index contributed by atoms with van der Waals surface area (Å²) in [6, 6.07) is 20.0. The number of benzene rings is 3. The van der Waals surface area contributed by atoms with Crippen molar-refractivity contribution >= 4 is 53.1 Å². The van der Waals surface area contributed by atoms with Crippen molar-refractivity contribution in [3.05, 3.63) is 125 Å². The summed E-state index contributed by atoms with van der Waals surface area (Å²) < 4.78 is 25.1. The second-order valence-corrected chi connectivity index (χ2v) is 25.7. The number of likely N-dealkylation sites (N-methyl/N-ethyl adjacent to an activating group) is 2. The van der Waals surface area contributed by atoms with Crippen molar-refractivity contribution in [3.8, 4) is 11.4 Å². The first-order valence-electron chi connectivity index (χ1n) is 29.9. The molecule has 12 rings (SSSR count). The van der Waals surface area contributed by atoms with Crippen molar-refractivity contribution in [2.45, 2.75) is 127 Å². The number of aliphatic hydroxyl groups is 1. The molecule has 5 amide bonds. The van der Waals surface area contributed by atoms with Gasteiger partial charge in [0.15, 0.2) is 30.6 Å². The normalized spacial score (nSPS) is 29.6. The number of ketones is 2. The van der Waals surface area contributed by atoms with Crippen LogP contribution < -0.4 is 21.7 Å². The van der Waals surface area contributed by atoms with E-state index in [0.29, 0.717) is 41.0 Å². The molecule has 0 spiro atoms. The molecule has 1 aromatic heterocycles. The molecule has 8 aliphatic rings. The van der Waals surface area contributed by atoms with Crippen LogP contribution >= 0.6 is 0 Å². The number of nitrogens with one attached hydrogen (secondary N) is 3. The van der Waals surface area contributed by atoms with E-state index in [0.717, 1.165) is 43.2 Å². The summed E-state index contributed by atoms with van der Waals surface area (Å²) in [5, 5.41) is 44.5. The fourth-order valence-corrected chi connectivity index (χ4v) is 15.5. The first kappa shape index (κ1) is 61.3. The number of ether oxygens (including phenoxy) is 4. The number of Topliss-reactive ketones (excluding diaryl/α,β-unsaturated/α-hetero) is 1. The molecule has 1 aliphatic heterocycles. The minimum atomic E-state index is -1.58. The number of nitrogens with two attached hydrogens (primary N) is 1. The summed E-state index contributed by atoms with van der Waals surface area (Å²) in [6.07, 6.45) is 7.93. The fourth-order valence-electron chi connectivity index (χ4n) is 15.5. The van der Waals surface area contributed by atoms with Crippen molar-refractivity contribution in [1.82, 2.24) is 40.8 Å². The maximum absolute atomic E-state index is 15.1. The van der Waals surface area contributed by atoms with E-state index in [2.05, 4.69) is 55.4 Å². The van der Waals surface area contributed by atoms with Gasteiger partial charge in [-0.15, -0.1) is 20.4 Å². The van der Waals surface area contributed by atoms with Crippen LogP contribution in [0.2, 0.25) is 0 Å². The Kier molecular flexibility index (Phi) is 17.0. The van der Waals surface area contributed by atoms with Gasteiger partial charge in [0.25, 0.3) is 0 Å². The Morgan fingerprint density at radius 1 is 0.852 bits per heavy atom. The second-order valence-electron chi connectivity index (χ2n) is 25.7. The first-order valence-corrected chi connectivity index (χ1v) is 29.9. The molecule has 464 valence electrons. The van der Waals surface area contributed by atoms with Gasteiger partial charge in [-0.25, -0.2) is 9.59 Å². The summed E-state index contributed by atoms with van der Waals surface area (Å²) in [5.41, 5.74) is 8.70. The summed E-state index contributed by atoms with van der Waals surface area (Å²) in [7, 11) is 2.98. The number of aliphatic carboxylic acids is 1. The smallest absolute Gasteiger partial charge is 0.409 e. The van der Waals surface area contributed by atoms with Crippen LogP contribution in [-0.2, 0) is 67.2 Å². The average Bonchev–Trinajstić information content (AvgIpc) is 1.36. The maximum atomic E-state index is 15.1. The number of carboxylic acid groups (broad SMARTS) is 1. The lowest BCUT2D eigenvalue weighted by atomic mass is 9.38. The number of hydrogen-bond donors (Lipinski definition) is 6. The van der Waals surface area contributed by atoms with E-state index in [1.807, 2.05) is 25.1 Å². The maximum Gasteiger partial charge on any atom is 0.409 e. The molecular weight excluding hydrogens is 1130 g/mol. The SMILES string of the molecule is CN(CCN(C)C(=O)OCc1ccc(NC(=O)[C@H](CCC(=O)O)NC(=O)CNC(=O)Cc2ccc(-c3nncnn3)cc2)cc1)C(=O)OCC(=O)[C@@]12O[C@H](c3ccc(CC45CC(N)(C4)C5)cc3)O[C@@H]1C[C@H]1[C@@H]3CCC4=CC(=O)C=C[C@]4(C)[C@H]3[C@@H](O)C[C@@]12C. The third-order valence-electron chi connectivity index (χ3n) is 19.7. The lowest BCUT2D eigenvalue weighted by molar-refractivity contribution is -0.201. The molecule has 7 aliphatic carbocycles. The zero-order valence-corrected chi connectivity index (χ0v) is 49.6. The lowest BCUT2D eigenvalue weighted by Crippen LogP contribution is -2.72. The molecule has 6 saturated carbocycles. The fraction of sp³-hybridized carbons (Fsp3) is 0.500. The number of anilines is 1. The summed E-state index contributed by atoms with van der Waals surface area (Å²) in [5.74, 6) is -3.60. The highest BCUT2D eigenvalue weighted by Crippen LogP contribution is 2.71. The van der Waals surface area contributed by atoms with Gasteiger partial charge < -0.3 is 60.6 Å². The number of hydrogen-bond acceptors (Lipinski definition) is 18. The molecule has 7 N–H and O–H groups in total. The van der Waals surface area contributed by atoms with Gasteiger partial charge in [-0.1, -0.05) is 86.2 Å². The Labute approximate surface area is 508 Å². The number of aliphatic hydroxyl groups excluding tert-OH is 1. The van der Waals surface area contributed by atoms with Gasteiger partial charge in [0.2, 0.25) is 29.3 Å². The van der Waals surface area contributed by atoms with Gasteiger partial charge in [-0.3, -0.25) is 28.8 Å². The Morgan fingerprint density at radius 3 is 2.18 bits per heavy atom. The van der Waals surface area contributed by atoms with Crippen molar-refractivity contribution in [1.29, 1.82) is 0 Å². The van der Waals surface area contributed by atoms with Crippen molar-refractivity contribution in [3.63, 3.8) is 0 Å². The van der Waals surface area contributed by atoms with E-state index in [1.165, 1.54) is 35.8 Å². The molecule has 2 bridgehead atoms. The number of rotatable bonds is 22. The monoisotopic (exact) mass is 1210 g/mol. The standard InChI is InChI=1S/C64H74N10O14/c1-60-22-21-44(75)26-42(60)15-18-45-46-27-50-64(61(46,2)29-48(76)54(45)60,88-57(87-50)41-13-7-38(8-14-41)28-62-33-63(65,34-62)35-62)49(77)32-86-59(84)74(4)24-23-73(3)58(83)85-31-39-9-16-43(17-10-39)69-56(82)47(19-20-53(80)81)70-52(79)30-66-51(78)25-37-5-11-40(12-6-37)55-71-67-36-68-72-55/h5-14,16-17,21-22,26,36,45-48,50,54,57,76H,15,18-20,23-25,27-35,65H2,1-4H3,(H,66,78)(H,69,82)(H,70,79)(H,80,81)/t45-,46-,47-,48-,50+,54+,57+,60-,61-,62?,63?,64+/m0/s1. The highest BCUT2D eigenvalue weighted by atomic mass is 16.7. The highest BCUT2D eigenvalue weighted by molar-refractivity contribution is 6.01. The minimum Gasteiger partial charge on any atom is -0.481 e. The van der Waals surface area contributed by atoms with Crippen molar-refractivity contribution in [2.75, 3.05) is 45.7 Å². The largest absolute Gasteiger partial charge is 0.481 e. The third kappa shape index (κ3) is 12.2. The van der Waals surface area contributed by atoms with Crippen molar-refractivity contribution < 1.29 is 67.5 Å². The number of carbonyl (C=O) groups excluding carboxylic acids is 7. The number of nitrogens with zero attached hydrogens (tertiary/aromatic N) is 6. The van der Waals surface area contributed by atoms with Crippen LogP contribution in [0, 0.1) is 34.0 Å². The van der Waals surface area contributed by atoms with E-state index >= 15 is 4.79 Å². The Hall–Kier alpha value is -8.32. The quantitative estimate of drug-likeness (QED) is 0.0606. The van der Waals surface area contributed by atoms with Gasteiger partial charge in [0, 0.05) is 72.7 Å². The number of carbonyl (C=O) groups is 8. The van der Waals surface area contributed by atoms with Crippen LogP contribution in [0.3, 0.4) is 0 Å². The Balaban J connectivity index is 0.653. The lowest BCUT2D eigenvalue weighted by Gasteiger charge is -2.69. The van der Waals surface area contributed by atoms with Crippen LogP contribution in [0.25, 0.3) is 11.4 Å². The van der Waals surface area contributed by atoms with Gasteiger partial charge in [-0.05, 0) is 116 Å². The van der Waals surface area contributed by atoms with Crippen LogP contribution in [0.5, 0.6) is 0 Å². The predicted molar refractivity (Wildman–Crippen MR) is 314 cm³/mol. The topological polar surface area (TPSA) is 334 Å². The molecule has 0 radical (unpaired) electrons. The van der Waals surface area contributed by atoms with E-state index in [9.17, 15) is 43.8 Å². The van der Waals surface area contributed by atoms with E-state index in [4.69, 9.17) is 24.7 Å². The predicted octanol–water partition coefficient (Wildman–Crippen LogP) is 4.95. The summed E-state index contributed by atoms with van der Waals surface area (Å²) >= 11 is 0. The number of carboxylic acids is 1. The number of fused-ring (bicyclic) bond motifs is 7.